The molecule has 240 valence electrons. The highest BCUT2D eigenvalue weighted by atomic mass is 19.4. The van der Waals surface area contributed by atoms with Crippen LogP contribution < -0.4 is 15.4 Å². The first-order chi connectivity index (χ1) is 20.3. The van der Waals surface area contributed by atoms with E-state index in [4.69, 9.17) is 9.47 Å². The van der Waals surface area contributed by atoms with Gasteiger partial charge in [0, 0.05) is 23.9 Å². The van der Waals surface area contributed by atoms with Crippen LogP contribution in [0.4, 0.5) is 22.4 Å². The van der Waals surface area contributed by atoms with Gasteiger partial charge >= 0.3 is 12.3 Å². The summed E-state index contributed by atoms with van der Waals surface area (Å²) in [6, 6.07) is 1.47. The number of aromatic nitrogens is 1. The van der Waals surface area contributed by atoms with E-state index in [1.165, 1.54) is 4.90 Å². The van der Waals surface area contributed by atoms with E-state index in [1.54, 1.807) is 47.6 Å². The average Bonchev–Trinajstić information content (AvgIpc) is 3.50. The quantitative estimate of drug-likeness (QED) is 0.318. The Balaban J connectivity index is 1.66. The predicted molar refractivity (Wildman–Crippen MR) is 154 cm³/mol. The van der Waals surface area contributed by atoms with Gasteiger partial charge in [0.25, 0.3) is 0 Å². The molecular weight excluding hydrogens is 584 g/mol. The molecule has 2 heterocycles. The summed E-state index contributed by atoms with van der Waals surface area (Å²) in [7, 11) is 0. The standard InChI is InChI=1S/C31H38F4N4O5/c1-8-16-11-21(16)37-26(40)22-13-18(15-39(22)27(41)25(29(2,3)4)38-28(42)44-30(5,6)7)43-23-14-24(31(33,34)35)36-20-10-9-17(32)12-19(20)23/h8-10,12,14,16,18,21-22,25H,1,11,13,15H2,2-7H3,(H,37,40)(H,38,42)/t16?,18-,21?,22+,25-/m1/s1. The predicted octanol–water partition coefficient (Wildman–Crippen LogP) is 5.37. The lowest BCUT2D eigenvalue weighted by molar-refractivity contribution is -0.142. The van der Waals surface area contributed by atoms with Gasteiger partial charge in [0.1, 0.15) is 41.0 Å². The molecule has 1 aliphatic carbocycles. The maximum absolute atomic E-state index is 14.1. The number of fused-ring (bicyclic) bond motifs is 1. The number of alkyl carbamates (subject to hydrolysis) is 1. The van der Waals surface area contributed by atoms with Crippen LogP contribution in [0.5, 0.6) is 5.75 Å². The number of halogens is 4. The third-order valence-electron chi connectivity index (χ3n) is 7.41. The second kappa shape index (κ2) is 11.9. The van der Waals surface area contributed by atoms with E-state index < -0.39 is 64.8 Å². The molecule has 1 saturated heterocycles. The number of benzene rings is 1. The number of hydrogen-bond donors (Lipinski definition) is 2. The number of rotatable bonds is 7. The zero-order chi connectivity index (χ0) is 32.8. The van der Waals surface area contributed by atoms with E-state index in [9.17, 15) is 31.9 Å². The Morgan fingerprint density at radius 3 is 2.34 bits per heavy atom. The first-order valence-corrected chi connectivity index (χ1v) is 14.3. The summed E-state index contributed by atoms with van der Waals surface area (Å²) in [5.41, 5.74) is -3.02. The smallest absolute Gasteiger partial charge is 0.433 e. The van der Waals surface area contributed by atoms with Crippen molar-refractivity contribution in [1.82, 2.24) is 20.5 Å². The number of amides is 3. The van der Waals surface area contributed by atoms with Crippen molar-refractivity contribution in [3.05, 3.63) is 48.4 Å². The topological polar surface area (TPSA) is 110 Å². The van der Waals surface area contributed by atoms with E-state index in [0.29, 0.717) is 12.5 Å². The molecule has 2 unspecified atom stereocenters. The van der Waals surface area contributed by atoms with Crippen molar-refractivity contribution in [1.29, 1.82) is 0 Å². The van der Waals surface area contributed by atoms with Crippen LogP contribution in [0.15, 0.2) is 36.9 Å². The molecule has 0 bridgehead atoms. The van der Waals surface area contributed by atoms with Crippen molar-refractivity contribution >= 4 is 28.8 Å². The summed E-state index contributed by atoms with van der Waals surface area (Å²) < 4.78 is 66.5. The molecule has 1 aromatic heterocycles. The molecule has 0 radical (unpaired) electrons. The number of nitrogens with zero attached hydrogens (tertiary/aromatic N) is 2. The molecule has 44 heavy (non-hydrogen) atoms. The first kappa shape index (κ1) is 33.0. The lowest BCUT2D eigenvalue weighted by Gasteiger charge is -2.35. The zero-order valence-corrected chi connectivity index (χ0v) is 25.5. The van der Waals surface area contributed by atoms with Gasteiger partial charge in [-0.1, -0.05) is 26.8 Å². The lowest BCUT2D eigenvalue weighted by atomic mass is 9.85. The van der Waals surface area contributed by atoms with Gasteiger partial charge in [0.05, 0.1) is 12.1 Å². The molecule has 9 nitrogen and oxygen atoms in total. The fourth-order valence-electron chi connectivity index (χ4n) is 5.12. The van der Waals surface area contributed by atoms with Gasteiger partial charge in [0.2, 0.25) is 11.8 Å². The average molecular weight is 623 g/mol. The Morgan fingerprint density at radius 1 is 1.09 bits per heavy atom. The molecule has 2 N–H and O–H groups in total. The van der Waals surface area contributed by atoms with Crippen molar-refractivity contribution in [3.63, 3.8) is 0 Å². The number of carbonyl (C=O) groups excluding carboxylic acids is 3. The first-order valence-electron chi connectivity index (χ1n) is 14.3. The monoisotopic (exact) mass is 622 g/mol. The van der Waals surface area contributed by atoms with E-state index in [-0.39, 0.29) is 41.6 Å². The minimum absolute atomic E-state index is 0.00902. The van der Waals surface area contributed by atoms with Gasteiger partial charge < -0.3 is 25.0 Å². The van der Waals surface area contributed by atoms with Crippen LogP contribution in [0.25, 0.3) is 10.9 Å². The minimum Gasteiger partial charge on any atom is -0.488 e. The van der Waals surface area contributed by atoms with Crippen LogP contribution in [0, 0.1) is 17.2 Å². The molecule has 13 heteroatoms. The Hall–Kier alpha value is -3.90. The van der Waals surface area contributed by atoms with Crippen LogP contribution in [-0.4, -0.2) is 64.2 Å². The Bertz CT molecular complexity index is 1450. The fraction of sp³-hybridized carbons (Fsp3) is 0.548. The van der Waals surface area contributed by atoms with Crippen molar-refractivity contribution in [3.8, 4) is 5.75 Å². The Labute approximate surface area is 253 Å². The van der Waals surface area contributed by atoms with E-state index in [2.05, 4.69) is 22.2 Å². The molecule has 1 aliphatic heterocycles. The maximum atomic E-state index is 14.1. The van der Waals surface area contributed by atoms with Crippen LogP contribution >= 0.6 is 0 Å². The molecule has 2 aromatic rings. The molecule has 3 amide bonds. The van der Waals surface area contributed by atoms with Gasteiger partial charge in [-0.3, -0.25) is 9.59 Å². The number of likely N-dealkylation sites (tertiary alicyclic amines) is 1. The van der Waals surface area contributed by atoms with Crippen LogP contribution in [0.1, 0.15) is 60.1 Å². The summed E-state index contributed by atoms with van der Waals surface area (Å²) in [5.74, 6) is -1.95. The Morgan fingerprint density at radius 2 is 1.77 bits per heavy atom. The molecule has 4 rings (SSSR count). The highest BCUT2D eigenvalue weighted by Crippen LogP contribution is 2.37. The van der Waals surface area contributed by atoms with Crippen LogP contribution in [0.2, 0.25) is 0 Å². The second-order valence-electron chi connectivity index (χ2n) is 13.3. The third kappa shape index (κ3) is 7.78. The Kier molecular flexibility index (Phi) is 8.92. The highest BCUT2D eigenvalue weighted by Gasteiger charge is 2.48. The molecule has 0 spiro atoms. The van der Waals surface area contributed by atoms with E-state index in [1.807, 2.05) is 0 Å². The minimum atomic E-state index is -4.81. The van der Waals surface area contributed by atoms with Crippen molar-refractivity contribution in [2.24, 2.45) is 11.3 Å². The largest absolute Gasteiger partial charge is 0.488 e. The van der Waals surface area contributed by atoms with Crippen LogP contribution in [0.3, 0.4) is 0 Å². The zero-order valence-electron chi connectivity index (χ0n) is 25.5. The number of hydrogen-bond acceptors (Lipinski definition) is 6. The molecule has 2 fully saturated rings. The van der Waals surface area contributed by atoms with E-state index >= 15 is 0 Å². The number of pyridine rings is 1. The van der Waals surface area contributed by atoms with Gasteiger partial charge in [-0.2, -0.15) is 13.2 Å². The molecule has 1 saturated carbocycles. The van der Waals surface area contributed by atoms with Gasteiger partial charge in [-0.15, -0.1) is 6.58 Å². The molecule has 1 aromatic carbocycles. The number of carbonyl (C=O) groups is 3. The van der Waals surface area contributed by atoms with E-state index in [0.717, 1.165) is 18.2 Å². The maximum Gasteiger partial charge on any atom is 0.433 e. The van der Waals surface area contributed by atoms with Gasteiger partial charge in [-0.25, -0.2) is 14.2 Å². The summed E-state index contributed by atoms with van der Waals surface area (Å²) in [4.78, 5) is 45.1. The van der Waals surface area contributed by atoms with Gasteiger partial charge in [-0.05, 0) is 56.7 Å². The number of alkyl halides is 3. The number of nitrogens with one attached hydrogen (secondary N) is 2. The van der Waals surface area contributed by atoms with Crippen molar-refractivity contribution < 1.29 is 41.4 Å². The van der Waals surface area contributed by atoms with Crippen molar-refractivity contribution in [2.45, 2.75) is 90.4 Å². The number of ether oxygens (including phenoxy) is 2. The molecule has 2 aliphatic rings. The summed E-state index contributed by atoms with van der Waals surface area (Å²) in [5, 5.41) is 5.54. The highest BCUT2D eigenvalue weighted by molar-refractivity contribution is 5.93. The lowest BCUT2D eigenvalue weighted by Crippen LogP contribution is -2.58. The summed E-state index contributed by atoms with van der Waals surface area (Å²) >= 11 is 0. The van der Waals surface area contributed by atoms with Crippen LogP contribution in [-0.2, 0) is 20.5 Å². The molecular formula is C31H38F4N4O5. The van der Waals surface area contributed by atoms with Gasteiger partial charge in [0.15, 0.2) is 0 Å². The van der Waals surface area contributed by atoms with Crippen molar-refractivity contribution in [2.75, 3.05) is 6.54 Å². The normalized spacial score (nSPS) is 22.7. The second-order valence-corrected chi connectivity index (χ2v) is 13.3. The molecule has 5 atom stereocenters. The summed E-state index contributed by atoms with van der Waals surface area (Å²) in [6.07, 6.45) is -4.22. The summed E-state index contributed by atoms with van der Waals surface area (Å²) in [6.45, 7) is 13.8. The SMILES string of the molecule is C=CC1CC1NC(=O)[C@@H]1C[C@@H](Oc2cc(C(F)(F)F)nc3ccc(F)cc23)CN1C(=O)[C@@H](NC(=O)OC(C)(C)C)C(C)(C)C. The fourth-order valence-corrected chi connectivity index (χ4v) is 5.12. The third-order valence-corrected chi connectivity index (χ3v) is 7.41.